The molecule has 9 nitrogen and oxygen atoms in total. The number of ether oxygens (including phenoxy) is 2. The molecule has 0 saturated heterocycles. The highest BCUT2D eigenvalue weighted by atomic mass is 35.5. The lowest BCUT2D eigenvalue weighted by atomic mass is 10.2. The van der Waals surface area contributed by atoms with Crippen LogP contribution in [0.2, 0.25) is 5.02 Å². The molecular weight excluding hydrogens is 541 g/mol. The number of alkyl halides is 3. The first-order chi connectivity index (χ1) is 18.6. The van der Waals surface area contributed by atoms with E-state index in [4.69, 9.17) is 21.4 Å². The van der Waals surface area contributed by atoms with Crippen molar-refractivity contribution >= 4 is 22.8 Å². The normalized spacial score (nSPS) is 11.7. The predicted octanol–water partition coefficient (Wildman–Crippen LogP) is 4.84. The largest absolute Gasteiger partial charge is 0.573 e. The summed E-state index contributed by atoms with van der Waals surface area (Å²) in [5.41, 5.74) is -0.228. The summed E-state index contributed by atoms with van der Waals surface area (Å²) in [6.07, 6.45) is -2.21. The molecule has 0 aliphatic carbocycles. The zero-order valence-electron chi connectivity index (χ0n) is 20.9. The molecule has 0 radical (unpaired) electrons. The SMILES string of the molecule is Cn1c(=O)n(CCCCCCO)c(=O)c2c1nc(Oc1cccc(OC(F)(F)F)c1)n2Cc1ccc(Cl)cc1. The van der Waals surface area contributed by atoms with Crippen LogP contribution in [0.5, 0.6) is 17.5 Å². The fourth-order valence-corrected chi connectivity index (χ4v) is 4.25. The molecular formula is C26H26ClF3N4O5. The predicted molar refractivity (Wildman–Crippen MR) is 139 cm³/mol. The van der Waals surface area contributed by atoms with E-state index in [1.165, 1.54) is 28.3 Å². The summed E-state index contributed by atoms with van der Waals surface area (Å²) in [6.45, 7) is 0.350. The van der Waals surface area contributed by atoms with Gasteiger partial charge in [0, 0.05) is 31.3 Å². The van der Waals surface area contributed by atoms with Gasteiger partial charge in [0.25, 0.3) is 5.56 Å². The summed E-state index contributed by atoms with van der Waals surface area (Å²) in [6, 6.07) is 11.7. The molecule has 1 N–H and O–H groups in total. The van der Waals surface area contributed by atoms with Crippen molar-refractivity contribution in [1.29, 1.82) is 0 Å². The van der Waals surface area contributed by atoms with Gasteiger partial charge in [-0.15, -0.1) is 13.2 Å². The Kier molecular flexibility index (Phi) is 8.66. The second-order valence-electron chi connectivity index (χ2n) is 8.84. The van der Waals surface area contributed by atoms with E-state index in [1.807, 2.05) is 0 Å². The van der Waals surface area contributed by atoms with Gasteiger partial charge in [0.15, 0.2) is 11.2 Å². The van der Waals surface area contributed by atoms with E-state index in [0.29, 0.717) is 17.9 Å². The Morgan fingerprint density at radius 3 is 2.36 bits per heavy atom. The van der Waals surface area contributed by atoms with E-state index in [-0.39, 0.29) is 42.6 Å². The maximum atomic E-state index is 13.6. The monoisotopic (exact) mass is 566 g/mol. The Hall–Kier alpha value is -3.77. The zero-order chi connectivity index (χ0) is 28.2. The molecule has 0 bridgehead atoms. The van der Waals surface area contributed by atoms with Crippen molar-refractivity contribution in [3.63, 3.8) is 0 Å². The highest BCUT2D eigenvalue weighted by molar-refractivity contribution is 6.30. The molecule has 2 heterocycles. The fourth-order valence-electron chi connectivity index (χ4n) is 4.12. The molecule has 39 heavy (non-hydrogen) atoms. The number of aliphatic hydroxyl groups is 1. The number of aryl methyl sites for hydroxylation is 1. The molecule has 4 rings (SSSR count). The van der Waals surface area contributed by atoms with Crippen molar-refractivity contribution in [1.82, 2.24) is 18.7 Å². The Morgan fingerprint density at radius 2 is 1.67 bits per heavy atom. The first kappa shape index (κ1) is 28.2. The topological polar surface area (TPSA) is 101 Å². The van der Waals surface area contributed by atoms with Gasteiger partial charge in [0.05, 0.1) is 6.54 Å². The van der Waals surface area contributed by atoms with Gasteiger partial charge in [-0.25, -0.2) is 4.79 Å². The van der Waals surface area contributed by atoms with Crippen LogP contribution in [0.3, 0.4) is 0 Å². The molecule has 0 saturated carbocycles. The maximum Gasteiger partial charge on any atom is 0.573 e. The molecule has 0 aliphatic rings. The Morgan fingerprint density at radius 1 is 0.974 bits per heavy atom. The van der Waals surface area contributed by atoms with Crippen molar-refractivity contribution in [3.8, 4) is 17.5 Å². The number of benzene rings is 2. The van der Waals surface area contributed by atoms with Crippen molar-refractivity contribution in [2.24, 2.45) is 7.05 Å². The number of hydrogen-bond acceptors (Lipinski definition) is 6. The molecule has 0 fully saturated rings. The molecule has 0 spiro atoms. The molecule has 208 valence electrons. The highest BCUT2D eigenvalue weighted by Gasteiger charge is 2.31. The van der Waals surface area contributed by atoms with Crippen LogP contribution >= 0.6 is 11.6 Å². The van der Waals surface area contributed by atoms with E-state index >= 15 is 0 Å². The Bertz CT molecular complexity index is 1560. The summed E-state index contributed by atoms with van der Waals surface area (Å²) in [5, 5.41) is 9.48. The van der Waals surface area contributed by atoms with Crippen LogP contribution in [0.15, 0.2) is 58.1 Å². The summed E-state index contributed by atoms with van der Waals surface area (Å²) in [5.74, 6) is -0.505. The van der Waals surface area contributed by atoms with Crippen molar-refractivity contribution < 1.29 is 27.8 Å². The van der Waals surface area contributed by atoms with Crippen molar-refractivity contribution in [2.45, 2.75) is 45.1 Å². The molecule has 2 aromatic carbocycles. The molecule has 0 aliphatic heterocycles. The first-order valence-electron chi connectivity index (χ1n) is 12.2. The third-order valence-corrected chi connectivity index (χ3v) is 6.24. The van der Waals surface area contributed by atoms with Gasteiger partial charge >= 0.3 is 18.1 Å². The number of aliphatic hydroxyl groups excluding tert-OH is 1. The summed E-state index contributed by atoms with van der Waals surface area (Å²) >= 11 is 6.01. The minimum atomic E-state index is -4.89. The van der Waals surface area contributed by atoms with Gasteiger partial charge in [-0.1, -0.05) is 42.6 Å². The lowest BCUT2D eigenvalue weighted by Crippen LogP contribution is -2.39. The Balaban J connectivity index is 1.79. The van der Waals surface area contributed by atoms with Crippen LogP contribution < -0.4 is 20.7 Å². The molecule has 2 aromatic heterocycles. The number of unbranched alkanes of at least 4 members (excludes halogenated alkanes) is 3. The second kappa shape index (κ2) is 12.0. The molecule has 13 heteroatoms. The van der Waals surface area contributed by atoms with Gasteiger partial charge in [0.2, 0.25) is 0 Å². The highest BCUT2D eigenvalue weighted by Crippen LogP contribution is 2.30. The molecule has 4 aromatic rings. The first-order valence-corrected chi connectivity index (χ1v) is 12.5. The van der Waals surface area contributed by atoms with E-state index in [2.05, 4.69) is 9.72 Å². The van der Waals surface area contributed by atoms with Crippen molar-refractivity contribution in [2.75, 3.05) is 6.61 Å². The van der Waals surface area contributed by atoms with E-state index in [1.54, 1.807) is 24.3 Å². The van der Waals surface area contributed by atoms with E-state index in [0.717, 1.165) is 35.1 Å². The number of halogens is 4. The van der Waals surface area contributed by atoms with Gasteiger partial charge in [-0.05, 0) is 42.7 Å². The maximum absolute atomic E-state index is 13.6. The number of imidazole rings is 1. The Labute approximate surface area is 225 Å². The van der Waals surface area contributed by atoms with Crippen LogP contribution in [0.1, 0.15) is 31.2 Å². The van der Waals surface area contributed by atoms with Crippen LogP contribution in [-0.2, 0) is 20.1 Å². The summed E-state index contributed by atoms with van der Waals surface area (Å²) in [7, 11) is 1.48. The smallest absolute Gasteiger partial charge is 0.425 e. The summed E-state index contributed by atoms with van der Waals surface area (Å²) in [4.78, 5) is 31.0. The van der Waals surface area contributed by atoms with E-state index < -0.39 is 23.4 Å². The lowest BCUT2D eigenvalue weighted by Gasteiger charge is -2.13. The number of aromatic nitrogens is 4. The van der Waals surface area contributed by atoms with Crippen molar-refractivity contribution in [3.05, 3.63) is 80.0 Å². The van der Waals surface area contributed by atoms with Crippen LogP contribution in [0, 0.1) is 0 Å². The number of hydrogen-bond donors (Lipinski definition) is 1. The minimum absolute atomic E-state index is 0.0152. The van der Waals surface area contributed by atoms with Gasteiger partial charge in [-0.3, -0.25) is 18.5 Å². The van der Waals surface area contributed by atoms with Crippen LogP contribution in [0.25, 0.3) is 11.2 Å². The third-order valence-electron chi connectivity index (χ3n) is 5.99. The summed E-state index contributed by atoms with van der Waals surface area (Å²) < 4.78 is 51.8. The minimum Gasteiger partial charge on any atom is -0.425 e. The second-order valence-corrected chi connectivity index (χ2v) is 9.28. The number of nitrogens with zero attached hydrogens (tertiary/aromatic N) is 4. The van der Waals surface area contributed by atoms with Gasteiger partial charge < -0.3 is 14.6 Å². The van der Waals surface area contributed by atoms with E-state index in [9.17, 15) is 22.8 Å². The number of fused-ring (bicyclic) bond motifs is 1. The third kappa shape index (κ3) is 6.82. The zero-order valence-corrected chi connectivity index (χ0v) is 21.7. The van der Waals surface area contributed by atoms with Crippen LogP contribution in [-0.4, -0.2) is 36.8 Å². The molecule has 0 atom stereocenters. The van der Waals surface area contributed by atoms with Crippen LogP contribution in [0.4, 0.5) is 13.2 Å². The molecule has 0 amide bonds. The quantitative estimate of drug-likeness (QED) is 0.261. The van der Waals surface area contributed by atoms with Gasteiger partial charge in [0.1, 0.15) is 11.5 Å². The fraction of sp³-hybridized carbons (Fsp3) is 0.346. The van der Waals surface area contributed by atoms with Gasteiger partial charge in [-0.2, -0.15) is 4.98 Å². The standard InChI is InChI=1S/C26H26ClF3N4O5/c1-32-22-21(23(36)33(25(32)37)13-4-2-3-5-14-35)34(16-17-9-11-18(27)12-10-17)24(31-22)38-19-7-6-8-20(15-19)39-26(28,29)30/h6-12,15,35H,2-5,13-14,16H2,1H3. The average molecular weight is 567 g/mol. The number of rotatable bonds is 11. The molecule has 0 unspecified atom stereocenters. The lowest BCUT2D eigenvalue weighted by molar-refractivity contribution is -0.274. The average Bonchev–Trinajstić information content (AvgIpc) is 3.22.